The van der Waals surface area contributed by atoms with E-state index in [-0.39, 0.29) is 0 Å². The standard InChI is InChI=1S/C10H9ClN2OS/c11-8-3-1-2-4-9(8)14-6-7-5-10(12)15-13-7/h1-5H,6,12H2. The van der Waals surface area contributed by atoms with E-state index in [1.54, 1.807) is 12.1 Å². The van der Waals surface area contributed by atoms with Crippen LogP contribution in [0.2, 0.25) is 5.02 Å². The highest BCUT2D eigenvalue weighted by Gasteiger charge is 2.02. The molecule has 0 saturated heterocycles. The number of para-hydroxylation sites is 1. The summed E-state index contributed by atoms with van der Waals surface area (Å²) in [4.78, 5) is 0. The largest absolute Gasteiger partial charge is 0.486 e. The number of anilines is 1. The van der Waals surface area contributed by atoms with E-state index in [1.807, 2.05) is 18.2 Å². The molecule has 0 bridgehead atoms. The third-order valence-corrected chi connectivity index (χ3v) is 2.76. The average Bonchev–Trinajstić information content (AvgIpc) is 2.63. The van der Waals surface area contributed by atoms with Gasteiger partial charge in [-0.15, -0.1) is 0 Å². The maximum Gasteiger partial charge on any atom is 0.138 e. The van der Waals surface area contributed by atoms with Gasteiger partial charge in [-0.1, -0.05) is 23.7 Å². The molecular formula is C10H9ClN2OS. The average molecular weight is 241 g/mol. The number of benzene rings is 1. The molecule has 5 heteroatoms. The van der Waals surface area contributed by atoms with Crippen molar-refractivity contribution in [1.29, 1.82) is 0 Å². The monoisotopic (exact) mass is 240 g/mol. The molecule has 1 heterocycles. The fraction of sp³-hybridized carbons (Fsp3) is 0.100. The molecule has 15 heavy (non-hydrogen) atoms. The summed E-state index contributed by atoms with van der Waals surface area (Å²) in [5.74, 6) is 0.658. The quantitative estimate of drug-likeness (QED) is 0.897. The molecule has 0 spiro atoms. The number of hydrogen-bond acceptors (Lipinski definition) is 4. The molecule has 0 unspecified atom stereocenters. The topological polar surface area (TPSA) is 48.1 Å². The number of nitrogen functional groups attached to an aromatic ring is 1. The minimum absolute atomic E-state index is 0.386. The first-order valence-electron chi connectivity index (χ1n) is 4.34. The van der Waals surface area contributed by atoms with Gasteiger partial charge < -0.3 is 10.5 Å². The number of hydrogen-bond donors (Lipinski definition) is 1. The van der Waals surface area contributed by atoms with Gasteiger partial charge in [-0.2, -0.15) is 4.37 Å². The third-order valence-electron chi connectivity index (χ3n) is 1.79. The van der Waals surface area contributed by atoms with Gasteiger partial charge in [0.25, 0.3) is 0 Å². The lowest BCUT2D eigenvalue weighted by Gasteiger charge is -2.05. The Labute approximate surface area is 96.6 Å². The minimum Gasteiger partial charge on any atom is -0.486 e. The number of halogens is 1. The van der Waals surface area contributed by atoms with Gasteiger partial charge in [0, 0.05) is 0 Å². The molecule has 2 aromatic rings. The van der Waals surface area contributed by atoms with Gasteiger partial charge in [0.2, 0.25) is 0 Å². The first-order valence-corrected chi connectivity index (χ1v) is 5.49. The summed E-state index contributed by atoms with van der Waals surface area (Å²) in [6, 6.07) is 9.12. The molecule has 1 aromatic carbocycles. The number of ether oxygens (including phenoxy) is 1. The van der Waals surface area contributed by atoms with Crippen LogP contribution >= 0.6 is 23.1 Å². The van der Waals surface area contributed by atoms with E-state index in [1.165, 1.54) is 11.5 Å². The van der Waals surface area contributed by atoms with Crippen molar-refractivity contribution in [3.63, 3.8) is 0 Å². The number of aromatic nitrogens is 1. The lowest BCUT2D eigenvalue weighted by Crippen LogP contribution is -1.95. The van der Waals surface area contributed by atoms with Crippen molar-refractivity contribution in [1.82, 2.24) is 4.37 Å². The lowest BCUT2D eigenvalue weighted by atomic mass is 10.3. The Bertz CT molecular complexity index is 458. The van der Waals surface area contributed by atoms with E-state index < -0.39 is 0 Å². The van der Waals surface area contributed by atoms with Crippen LogP contribution in [0.1, 0.15) is 5.69 Å². The second-order valence-electron chi connectivity index (χ2n) is 2.94. The van der Waals surface area contributed by atoms with E-state index in [0.717, 1.165) is 5.69 Å². The minimum atomic E-state index is 0.386. The fourth-order valence-electron chi connectivity index (χ4n) is 1.11. The summed E-state index contributed by atoms with van der Waals surface area (Å²) < 4.78 is 9.60. The maximum absolute atomic E-state index is 5.93. The van der Waals surface area contributed by atoms with Crippen LogP contribution < -0.4 is 10.5 Å². The normalized spacial score (nSPS) is 10.2. The van der Waals surface area contributed by atoms with E-state index in [4.69, 9.17) is 22.1 Å². The molecule has 2 N–H and O–H groups in total. The van der Waals surface area contributed by atoms with Crippen LogP contribution in [0.25, 0.3) is 0 Å². The first-order chi connectivity index (χ1) is 7.25. The molecule has 0 fully saturated rings. The van der Waals surface area contributed by atoms with E-state index in [0.29, 0.717) is 22.4 Å². The van der Waals surface area contributed by atoms with Crippen LogP contribution in [0, 0.1) is 0 Å². The van der Waals surface area contributed by atoms with Gasteiger partial charge in [0.1, 0.15) is 17.4 Å². The Balaban J connectivity index is 2.02. The van der Waals surface area contributed by atoms with Crippen LogP contribution in [0.15, 0.2) is 30.3 Å². The molecule has 0 saturated carbocycles. The zero-order valence-electron chi connectivity index (χ0n) is 7.81. The Morgan fingerprint density at radius 1 is 1.40 bits per heavy atom. The Kier molecular flexibility index (Phi) is 3.08. The highest BCUT2D eigenvalue weighted by atomic mass is 35.5. The molecule has 78 valence electrons. The maximum atomic E-state index is 5.93. The van der Waals surface area contributed by atoms with Crippen LogP contribution in [0.3, 0.4) is 0 Å². The van der Waals surface area contributed by atoms with E-state index >= 15 is 0 Å². The predicted molar refractivity (Wildman–Crippen MR) is 62.3 cm³/mol. The van der Waals surface area contributed by atoms with Crippen LogP contribution in [-0.4, -0.2) is 4.37 Å². The van der Waals surface area contributed by atoms with Crippen molar-refractivity contribution in [2.75, 3.05) is 5.73 Å². The van der Waals surface area contributed by atoms with Crippen molar-refractivity contribution >= 4 is 28.1 Å². The summed E-state index contributed by atoms with van der Waals surface area (Å²) in [5, 5.41) is 1.29. The highest BCUT2D eigenvalue weighted by Crippen LogP contribution is 2.24. The van der Waals surface area contributed by atoms with Crippen molar-refractivity contribution in [2.24, 2.45) is 0 Å². The Morgan fingerprint density at radius 3 is 2.87 bits per heavy atom. The molecule has 2 rings (SSSR count). The fourth-order valence-corrected chi connectivity index (χ4v) is 1.82. The second-order valence-corrected chi connectivity index (χ2v) is 4.18. The highest BCUT2D eigenvalue weighted by molar-refractivity contribution is 7.10. The van der Waals surface area contributed by atoms with Gasteiger partial charge in [-0.25, -0.2) is 0 Å². The zero-order valence-corrected chi connectivity index (χ0v) is 9.39. The molecule has 0 aliphatic rings. The Morgan fingerprint density at radius 2 is 2.20 bits per heavy atom. The van der Waals surface area contributed by atoms with Crippen LogP contribution in [0.4, 0.5) is 5.00 Å². The van der Waals surface area contributed by atoms with Crippen LogP contribution in [0.5, 0.6) is 5.75 Å². The van der Waals surface area contributed by atoms with Crippen molar-refractivity contribution in [3.8, 4) is 5.75 Å². The molecule has 0 atom stereocenters. The molecule has 0 aliphatic carbocycles. The third kappa shape index (κ3) is 2.61. The van der Waals surface area contributed by atoms with Crippen LogP contribution in [-0.2, 0) is 6.61 Å². The van der Waals surface area contributed by atoms with Crippen molar-refractivity contribution in [3.05, 3.63) is 41.0 Å². The SMILES string of the molecule is Nc1cc(COc2ccccc2Cl)ns1. The molecule has 0 aliphatic heterocycles. The summed E-state index contributed by atoms with van der Waals surface area (Å²) >= 11 is 7.19. The first kappa shape index (κ1) is 10.3. The lowest BCUT2D eigenvalue weighted by molar-refractivity contribution is 0.303. The van der Waals surface area contributed by atoms with Gasteiger partial charge >= 0.3 is 0 Å². The predicted octanol–water partition coefficient (Wildman–Crippen LogP) is 2.96. The van der Waals surface area contributed by atoms with E-state index in [9.17, 15) is 0 Å². The van der Waals surface area contributed by atoms with Gasteiger partial charge in [-0.05, 0) is 29.7 Å². The molecule has 1 aromatic heterocycles. The van der Waals surface area contributed by atoms with Gasteiger partial charge in [0.05, 0.1) is 10.7 Å². The zero-order chi connectivity index (χ0) is 10.7. The van der Waals surface area contributed by atoms with Gasteiger partial charge in [0.15, 0.2) is 0 Å². The number of nitrogens with zero attached hydrogens (tertiary/aromatic N) is 1. The molecule has 0 radical (unpaired) electrons. The van der Waals surface area contributed by atoms with Gasteiger partial charge in [-0.3, -0.25) is 0 Å². The van der Waals surface area contributed by atoms with Crippen molar-refractivity contribution < 1.29 is 4.74 Å². The summed E-state index contributed by atoms with van der Waals surface area (Å²) in [7, 11) is 0. The summed E-state index contributed by atoms with van der Waals surface area (Å²) in [5.41, 5.74) is 6.37. The summed E-state index contributed by atoms with van der Waals surface area (Å²) in [6.45, 7) is 0.386. The second kappa shape index (κ2) is 4.51. The Hall–Kier alpha value is -1.26. The molecule has 3 nitrogen and oxygen atoms in total. The molecule has 0 amide bonds. The van der Waals surface area contributed by atoms with Crippen molar-refractivity contribution in [2.45, 2.75) is 6.61 Å². The molecular weight excluding hydrogens is 232 g/mol. The number of rotatable bonds is 3. The summed E-state index contributed by atoms with van der Waals surface area (Å²) in [6.07, 6.45) is 0. The smallest absolute Gasteiger partial charge is 0.138 e. The van der Waals surface area contributed by atoms with E-state index in [2.05, 4.69) is 4.37 Å². The number of nitrogens with two attached hydrogens (primary N) is 1.